The third-order valence-electron chi connectivity index (χ3n) is 4.22. The average molecular weight is 396 g/mol. The van der Waals surface area contributed by atoms with E-state index in [4.69, 9.17) is 20.8 Å². The van der Waals surface area contributed by atoms with Gasteiger partial charge in [-0.2, -0.15) is 11.8 Å². The second-order valence-electron chi connectivity index (χ2n) is 5.86. The van der Waals surface area contributed by atoms with E-state index in [0.29, 0.717) is 23.0 Å². The molecule has 2 amide bonds. The molecule has 1 aliphatic heterocycles. The second kappa shape index (κ2) is 9.21. The van der Waals surface area contributed by atoms with Crippen LogP contribution in [0, 0.1) is 0 Å². The Balaban J connectivity index is 1.63. The molecule has 2 N–H and O–H groups in total. The Hall–Kier alpha value is -1.83. The van der Waals surface area contributed by atoms with E-state index in [1.54, 1.807) is 31.6 Å². The number of methoxy groups -OCH3 is 1. The van der Waals surface area contributed by atoms with Crippen molar-refractivity contribution in [1.29, 1.82) is 0 Å². The summed E-state index contributed by atoms with van der Waals surface area (Å²) in [5.41, 5.74) is 0.529. The highest BCUT2D eigenvalue weighted by Crippen LogP contribution is 2.28. The number of amides is 2. The quantitative estimate of drug-likeness (QED) is 0.777. The summed E-state index contributed by atoms with van der Waals surface area (Å²) < 4.78 is 10.8. The Bertz CT molecular complexity index is 720. The molecule has 8 heteroatoms. The minimum Gasteiger partial charge on any atom is -0.495 e. The third kappa shape index (κ3) is 4.87. The number of anilines is 1. The number of rotatable bonds is 6. The van der Waals surface area contributed by atoms with Gasteiger partial charge in [0, 0.05) is 36.2 Å². The number of hydrogen-bond donors (Lipinski definition) is 2. The topological polar surface area (TPSA) is 66.7 Å². The molecular weight excluding hydrogens is 374 g/mol. The van der Waals surface area contributed by atoms with Gasteiger partial charge in [0.05, 0.1) is 25.1 Å². The molecule has 1 unspecified atom stereocenters. The highest BCUT2D eigenvalue weighted by atomic mass is 35.5. The number of thioether (sulfide) groups is 1. The fourth-order valence-electron chi connectivity index (χ4n) is 2.91. The number of benzene rings is 1. The molecule has 3 rings (SSSR count). The van der Waals surface area contributed by atoms with E-state index in [9.17, 15) is 4.79 Å². The van der Waals surface area contributed by atoms with E-state index in [1.165, 1.54) is 0 Å². The van der Waals surface area contributed by atoms with Gasteiger partial charge >= 0.3 is 6.03 Å². The van der Waals surface area contributed by atoms with Crippen molar-refractivity contribution in [2.24, 2.45) is 0 Å². The molecule has 26 heavy (non-hydrogen) atoms. The van der Waals surface area contributed by atoms with Crippen molar-refractivity contribution in [2.45, 2.75) is 6.04 Å². The zero-order valence-electron chi connectivity index (χ0n) is 14.5. The highest BCUT2D eigenvalue weighted by molar-refractivity contribution is 7.99. The van der Waals surface area contributed by atoms with Crippen molar-refractivity contribution in [1.82, 2.24) is 10.2 Å². The lowest BCUT2D eigenvalue weighted by molar-refractivity contribution is 0.187. The molecule has 6 nitrogen and oxygen atoms in total. The van der Waals surface area contributed by atoms with Crippen LogP contribution in [-0.4, -0.2) is 49.2 Å². The normalized spacial score (nSPS) is 16.1. The zero-order valence-corrected chi connectivity index (χ0v) is 16.1. The maximum Gasteiger partial charge on any atom is 0.319 e. The van der Waals surface area contributed by atoms with E-state index in [0.717, 1.165) is 30.4 Å². The number of ether oxygens (including phenoxy) is 1. The van der Waals surface area contributed by atoms with Crippen LogP contribution in [0.4, 0.5) is 10.5 Å². The molecule has 1 atom stereocenters. The summed E-state index contributed by atoms with van der Waals surface area (Å²) in [5.74, 6) is 3.59. The Labute approximate surface area is 162 Å². The van der Waals surface area contributed by atoms with Gasteiger partial charge in [0.1, 0.15) is 11.5 Å². The Morgan fingerprint density at radius 1 is 1.38 bits per heavy atom. The fourth-order valence-corrected chi connectivity index (χ4v) is 4.02. The molecule has 1 aromatic carbocycles. The Morgan fingerprint density at radius 3 is 2.88 bits per heavy atom. The summed E-state index contributed by atoms with van der Waals surface area (Å²) in [6, 6.07) is 8.61. The molecule has 0 saturated carbocycles. The van der Waals surface area contributed by atoms with Gasteiger partial charge in [-0.1, -0.05) is 11.6 Å². The predicted molar refractivity (Wildman–Crippen MR) is 105 cm³/mol. The smallest absolute Gasteiger partial charge is 0.319 e. The van der Waals surface area contributed by atoms with Gasteiger partial charge in [-0.3, -0.25) is 4.90 Å². The maximum absolute atomic E-state index is 12.4. The minimum absolute atomic E-state index is 0.0120. The summed E-state index contributed by atoms with van der Waals surface area (Å²) in [4.78, 5) is 14.7. The highest BCUT2D eigenvalue weighted by Gasteiger charge is 2.25. The van der Waals surface area contributed by atoms with Crippen LogP contribution in [0.15, 0.2) is 41.0 Å². The van der Waals surface area contributed by atoms with Crippen LogP contribution in [0.25, 0.3) is 0 Å². The van der Waals surface area contributed by atoms with E-state index >= 15 is 0 Å². The van der Waals surface area contributed by atoms with Gasteiger partial charge in [0.2, 0.25) is 0 Å². The molecule has 1 saturated heterocycles. The third-order valence-corrected chi connectivity index (χ3v) is 5.40. The van der Waals surface area contributed by atoms with Crippen molar-refractivity contribution >= 4 is 35.1 Å². The number of hydrogen-bond acceptors (Lipinski definition) is 5. The van der Waals surface area contributed by atoms with E-state index < -0.39 is 0 Å². The average Bonchev–Trinajstić information content (AvgIpc) is 3.17. The largest absolute Gasteiger partial charge is 0.495 e. The van der Waals surface area contributed by atoms with Gasteiger partial charge in [0.15, 0.2) is 0 Å². The number of nitrogens with zero attached hydrogens (tertiary/aromatic N) is 1. The summed E-state index contributed by atoms with van der Waals surface area (Å²) in [7, 11) is 1.55. The maximum atomic E-state index is 12.4. The molecule has 0 spiro atoms. The van der Waals surface area contributed by atoms with Crippen LogP contribution in [-0.2, 0) is 0 Å². The van der Waals surface area contributed by atoms with Gasteiger partial charge < -0.3 is 19.8 Å². The van der Waals surface area contributed by atoms with Crippen LogP contribution in [0.5, 0.6) is 5.75 Å². The van der Waals surface area contributed by atoms with Crippen LogP contribution >= 0.6 is 23.4 Å². The van der Waals surface area contributed by atoms with Crippen molar-refractivity contribution in [2.75, 3.05) is 43.6 Å². The van der Waals surface area contributed by atoms with Gasteiger partial charge in [-0.15, -0.1) is 0 Å². The Kier molecular flexibility index (Phi) is 6.71. The molecule has 2 heterocycles. The first-order chi connectivity index (χ1) is 12.7. The molecule has 2 aromatic rings. The van der Waals surface area contributed by atoms with E-state index in [1.807, 2.05) is 23.9 Å². The first-order valence-corrected chi connectivity index (χ1v) is 9.94. The summed E-state index contributed by atoms with van der Waals surface area (Å²) >= 11 is 7.95. The van der Waals surface area contributed by atoms with Crippen LogP contribution < -0.4 is 15.4 Å². The van der Waals surface area contributed by atoms with Crippen molar-refractivity contribution in [3.05, 3.63) is 47.4 Å². The lowest BCUT2D eigenvalue weighted by atomic mass is 10.2. The molecule has 0 radical (unpaired) electrons. The standard InChI is InChI=1S/C18H22ClN3O3S/c1-24-16-5-4-13(19)11-14(16)21-18(23)20-12-15(17-3-2-8-25-17)22-6-9-26-10-7-22/h2-5,8,11,15H,6-7,9-10,12H2,1H3,(H2,20,21,23). The fraction of sp³-hybridized carbons (Fsp3) is 0.389. The molecule has 1 aliphatic rings. The molecule has 1 aromatic heterocycles. The summed E-state index contributed by atoms with van der Waals surface area (Å²) in [6.07, 6.45) is 1.66. The van der Waals surface area contributed by atoms with E-state index in [2.05, 4.69) is 15.5 Å². The van der Waals surface area contributed by atoms with Crippen molar-refractivity contribution in [3.8, 4) is 5.75 Å². The monoisotopic (exact) mass is 395 g/mol. The predicted octanol–water partition coefficient (Wildman–Crippen LogP) is 3.85. The molecule has 140 valence electrons. The Morgan fingerprint density at radius 2 is 2.19 bits per heavy atom. The molecule has 0 aliphatic carbocycles. The molecule has 0 bridgehead atoms. The van der Waals surface area contributed by atoms with Crippen molar-refractivity contribution < 1.29 is 13.9 Å². The zero-order chi connectivity index (χ0) is 18.4. The van der Waals surface area contributed by atoms with E-state index in [-0.39, 0.29) is 12.1 Å². The number of halogens is 1. The number of nitrogens with one attached hydrogen (secondary N) is 2. The number of carbonyl (C=O) groups excluding carboxylic acids is 1. The minimum atomic E-state index is -0.312. The van der Waals surface area contributed by atoms with Crippen LogP contribution in [0.3, 0.4) is 0 Å². The van der Waals surface area contributed by atoms with Crippen molar-refractivity contribution in [3.63, 3.8) is 0 Å². The van der Waals surface area contributed by atoms with Crippen LogP contribution in [0.2, 0.25) is 5.02 Å². The van der Waals surface area contributed by atoms with Gasteiger partial charge in [0.25, 0.3) is 0 Å². The molecule has 1 fully saturated rings. The van der Waals surface area contributed by atoms with Gasteiger partial charge in [-0.25, -0.2) is 4.79 Å². The molecular formula is C18H22ClN3O3S. The number of urea groups is 1. The lowest BCUT2D eigenvalue weighted by Gasteiger charge is -2.33. The second-order valence-corrected chi connectivity index (χ2v) is 7.52. The SMILES string of the molecule is COc1ccc(Cl)cc1NC(=O)NCC(c1ccco1)N1CCSCC1. The lowest BCUT2D eigenvalue weighted by Crippen LogP contribution is -2.42. The first-order valence-electron chi connectivity index (χ1n) is 8.41. The summed E-state index contributed by atoms with van der Waals surface area (Å²) in [6.45, 7) is 2.40. The van der Waals surface area contributed by atoms with Gasteiger partial charge in [-0.05, 0) is 30.3 Å². The first kappa shape index (κ1) is 18.9. The number of carbonyl (C=O) groups is 1. The van der Waals surface area contributed by atoms with Crippen LogP contribution in [0.1, 0.15) is 11.8 Å². The number of furan rings is 1. The summed E-state index contributed by atoms with van der Waals surface area (Å²) in [5, 5.41) is 6.25.